The van der Waals surface area contributed by atoms with E-state index in [9.17, 15) is 13.6 Å². The largest absolute Gasteiger partial charge is 0.462 e. The molecule has 1 aliphatic heterocycles. The highest BCUT2D eigenvalue weighted by molar-refractivity contribution is 5.91. The van der Waals surface area contributed by atoms with E-state index in [0.29, 0.717) is 13.2 Å². The van der Waals surface area contributed by atoms with Crippen molar-refractivity contribution in [1.29, 1.82) is 0 Å². The molecule has 1 saturated heterocycles. The van der Waals surface area contributed by atoms with Crippen LogP contribution in [-0.4, -0.2) is 25.8 Å². The minimum atomic E-state index is -1.07. The minimum Gasteiger partial charge on any atom is -0.462 e. The van der Waals surface area contributed by atoms with E-state index < -0.39 is 23.2 Å². The summed E-state index contributed by atoms with van der Waals surface area (Å²) >= 11 is 0. The number of halogens is 2. The smallest absolute Gasteiger partial charge is 0.344 e. The molecule has 1 aliphatic rings. The van der Waals surface area contributed by atoms with E-state index in [0.717, 1.165) is 25.0 Å². The molecule has 0 bridgehead atoms. The van der Waals surface area contributed by atoms with E-state index in [4.69, 9.17) is 15.2 Å². The molecule has 1 aromatic carbocycles. The zero-order valence-electron chi connectivity index (χ0n) is 10.3. The highest BCUT2D eigenvalue weighted by Crippen LogP contribution is 2.21. The number of nitrogens with two attached hydrogens (primary N) is 1. The monoisotopic (exact) mass is 271 g/mol. The Bertz CT molecular complexity index is 473. The van der Waals surface area contributed by atoms with Gasteiger partial charge in [-0.3, -0.25) is 0 Å². The topological polar surface area (TPSA) is 61.6 Å². The Morgan fingerprint density at radius 1 is 1.37 bits per heavy atom. The molecule has 4 nitrogen and oxygen atoms in total. The van der Waals surface area contributed by atoms with E-state index in [1.165, 1.54) is 0 Å². The number of nitrogen functional groups attached to an aromatic ring is 1. The van der Waals surface area contributed by atoms with Gasteiger partial charge in [-0.15, -0.1) is 0 Å². The molecule has 0 aromatic heterocycles. The number of rotatable bonds is 3. The van der Waals surface area contributed by atoms with Crippen LogP contribution in [0.5, 0.6) is 0 Å². The fourth-order valence-electron chi connectivity index (χ4n) is 1.93. The first-order chi connectivity index (χ1) is 9.09. The molecule has 0 saturated carbocycles. The summed E-state index contributed by atoms with van der Waals surface area (Å²) in [6.45, 7) is 1.36. The molecule has 2 rings (SSSR count). The van der Waals surface area contributed by atoms with Crippen molar-refractivity contribution in [2.24, 2.45) is 5.92 Å². The van der Waals surface area contributed by atoms with Gasteiger partial charge < -0.3 is 15.2 Å². The van der Waals surface area contributed by atoms with Gasteiger partial charge in [0, 0.05) is 13.2 Å². The van der Waals surface area contributed by atoms with Crippen LogP contribution in [0.25, 0.3) is 0 Å². The van der Waals surface area contributed by atoms with Crippen LogP contribution >= 0.6 is 0 Å². The number of esters is 1. The second-order valence-corrected chi connectivity index (χ2v) is 4.48. The lowest BCUT2D eigenvalue weighted by Crippen LogP contribution is -2.22. The van der Waals surface area contributed by atoms with E-state index in [-0.39, 0.29) is 18.2 Å². The summed E-state index contributed by atoms with van der Waals surface area (Å²) in [4.78, 5) is 11.7. The van der Waals surface area contributed by atoms with Gasteiger partial charge in [0.15, 0.2) is 5.82 Å². The molecule has 1 fully saturated rings. The Morgan fingerprint density at radius 3 is 2.74 bits per heavy atom. The van der Waals surface area contributed by atoms with E-state index in [1.807, 2.05) is 0 Å². The van der Waals surface area contributed by atoms with E-state index in [2.05, 4.69) is 0 Å². The molecule has 0 aliphatic carbocycles. The van der Waals surface area contributed by atoms with Crippen LogP contribution < -0.4 is 5.73 Å². The number of anilines is 1. The lowest BCUT2D eigenvalue weighted by Gasteiger charge is -2.21. The third kappa shape index (κ3) is 3.20. The predicted octanol–water partition coefficient (Wildman–Crippen LogP) is 2.13. The van der Waals surface area contributed by atoms with Crippen LogP contribution in [0.4, 0.5) is 14.5 Å². The highest BCUT2D eigenvalue weighted by Gasteiger charge is 2.23. The number of hydrogen-bond acceptors (Lipinski definition) is 4. The Hall–Kier alpha value is -1.69. The molecule has 1 heterocycles. The van der Waals surface area contributed by atoms with E-state index in [1.54, 1.807) is 0 Å². The quantitative estimate of drug-likeness (QED) is 0.675. The van der Waals surface area contributed by atoms with Gasteiger partial charge in [0.25, 0.3) is 0 Å². The molecule has 0 unspecified atom stereocenters. The van der Waals surface area contributed by atoms with Gasteiger partial charge in [0.2, 0.25) is 0 Å². The normalized spacial score (nSPS) is 16.3. The van der Waals surface area contributed by atoms with Crippen molar-refractivity contribution in [3.8, 4) is 0 Å². The van der Waals surface area contributed by atoms with Crippen molar-refractivity contribution in [2.75, 3.05) is 25.6 Å². The second-order valence-electron chi connectivity index (χ2n) is 4.48. The third-order valence-electron chi connectivity index (χ3n) is 3.12. The lowest BCUT2D eigenvalue weighted by molar-refractivity contribution is 0.0179. The average molecular weight is 271 g/mol. The molecule has 0 radical (unpaired) electrons. The van der Waals surface area contributed by atoms with Crippen LogP contribution in [0, 0.1) is 17.6 Å². The summed E-state index contributed by atoms with van der Waals surface area (Å²) in [7, 11) is 0. The maximum Gasteiger partial charge on any atom is 0.344 e. The van der Waals surface area contributed by atoms with Crippen molar-refractivity contribution >= 4 is 11.7 Å². The van der Waals surface area contributed by atoms with Gasteiger partial charge >= 0.3 is 5.97 Å². The molecular weight excluding hydrogens is 256 g/mol. The Morgan fingerprint density at radius 2 is 2.05 bits per heavy atom. The lowest BCUT2D eigenvalue weighted by atomic mass is 10.0. The molecular formula is C13H15F2NO3. The van der Waals surface area contributed by atoms with Crippen molar-refractivity contribution in [2.45, 2.75) is 12.8 Å². The maximum atomic E-state index is 13.6. The fourth-order valence-corrected chi connectivity index (χ4v) is 1.93. The van der Waals surface area contributed by atoms with Crippen molar-refractivity contribution in [3.63, 3.8) is 0 Å². The number of hydrogen-bond donors (Lipinski definition) is 1. The predicted molar refractivity (Wildman–Crippen MR) is 64.6 cm³/mol. The third-order valence-corrected chi connectivity index (χ3v) is 3.12. The summed E-state index contributed by atoms with van der Waals surface area (Å²) in [5.74, 6) is -2.89. The fraction of sp³-hybridized carbons (Fsp3) is 0.462. The molecule has 104 valence electrons. The van der Waals surface area contributed by atoms with Crippen LogP contribution in [0.2, 0.25) is 0 Å². The Balaban J connectivity index is 2.01. The van der Waals surface area contributed by atoms with Crippen LogP contribution in [0.1, 0.15) is 23.2 Å². The van der Waals surface area contributed by atoms with Gasteiger partial charge in [-0.2, -0.15) is 0 Å². The van der Waals surface area contributed by atoms with Gasteiger partial charge in [0.1, 0.15) is 11.4 Å². The molecule has 0 amide bonds. The number of benzene rings is 1. The Kier molecular flexibility index (Phi) is 4.31. The van der Waals surface area contributed by atoms with Gasteiger partial charge in [-0.05, 0) is 30.9 Å². The summed E-state index contributed by atoms with van der Waals surface area (Å²) in [5.41, 5.74) is 4.29. The number of carbonyl (C=O) groups excluding carboxylic acids is 1. The minimum absolute atomic E-state index is 0.135. The summed E-state index contributed by atoms with van der Waals surface area (Å²) in [5, 5.41) is 0. The number of ether oxygens (including phenoxy) is 2. The van der Waals surface area contributed by atoms with Crippen LogP contribution in [-0.2, 0) is 9.47 Å². The molecule has 19 heavy (non-hydrogen) atoms. The molecule has 2 N–H and O–H groups in total. The standard InChI is InChI=1S/C13H15F2NO3/c14-9-1-2-10(16)12(15)11(9)13(17)19-7-8-3-5-18-6-4-8/h1-2,8H,3-7,16H2. The van der Waals surface area contributed by atoms with Gasteiger partial charge in [-0.25, -0.2) is 13.6 Å². The maximum absolute atomic E-state index is 13.6. The SMILES string of the molecule is Nc1ccc(F)c(C(=O)OCC2CCOCC2)c1F. The molecule has 0 atom stereocenters. The van der Waals surface area contributed by atoms with Gasteiger partial charge in [-0.1, -0.05) is 0 Å². The first kappa shape index (κ1) is 13.7. The summed E-state index contributed by atoms with van der Waals surface area (Å²) < 4.78 is 37.1. The molecule has 0 spiro atoms. The first-order valence-electron chi connectivity index (χ1n) is 6.08. The zero-order valence-corrected chi connectivity index (χ0v) is 10.3. The molecule has 6 heteroatoms. The van der Waals surface area contributed by atoms with Crippen LogP contribution in [0.15, 0.2) is 12.1 Å². The van der Waals surface area contributed by atoms with Gasteiger partial charge in [0.05, 0.1) is 12.3 Å². The second kappa shape index (κ2) is 5.97. The summed E-state index contributed by atoms with van der Waals surface area (Å²) in [6, 6.07) is 2.02. The van der Waals surface area contributed by atoms with Crippen molar-refractivity contribution in [1.82, 2.24) is 0 Å². The van der Waals surface area contributed by atoms with Crippen molar-refractivity contribution < 1.29 is 23.0 Å². The zero-order chi connectivity index (χ0) is 13.8. The number of carbonyl (C=O) groups is 1. The van der Waals surface area contributed by atoms with E-state index >= 15 is 0 Å². The summed E-state index contributed by atoms with van der Waals surface area (Å²) in [6.07, 6.45) is 1.55. The van der Waals surface area contributed by atoms with Crippen molar-refractivity contribution in [3.05, 3.63) is 29.3 Å². The first-order valence-corrected chi connectivity index (χ1v) is 6.08. The highest BCUT2D eigenvalue weighted by atomic mass is 19.1. The average Bonchev–Trinajstić information content (AvgIpc) is 2.42. The molecule has 1 aromatic rings. The van der Waals surface area contributed by atoms with Crippen LogP contribution in [0.3, 0.4) is 0 Å². The Labute approximate surface area is 109 Å².